The number of hydrogen-bond acceptors (Lipinski definition) is 2. The number of para-hydroxylation sites is 1. The number of ether oxygens (including phenoxy) is 1. The van der Waals surface area contributed by atoms with Gasteiger partial charge in [-0.15, -0.1) is 0 Å². The zero-order valence-corrected chi connectivity index (χ0v) is 15.7. The van der Waals surface area contributed by atoms with Crippen molar-refractivity contribution in [2.24, 2.45) is 5.92 Å². The van der Waals surface area contributed by atoms with E-state index in [0.717, 1.165) is 11.3 Å². The second kappa shape index (κ2) is 9.26. The SMILES string of the molecule is COc1ccccc1C(C)CC(=O)NCC(c1ccccc1)C(C)C. The Balaban J connectivity index is 1.95. The van der Waals surface area contributed by atoms with Crippen molar-refractivity contribution >= 4 is 5.91 Å². The Morgan fingerprint density at radius 3 is 2.28 bits per heavy atom. The standard InChI is InChI=1S/C22H29NO2/c1-16(2)20(18-10-6-5-7-11-18)15-23-22(24)14-17(3)19-12-8-9-13-21(19)25-4/h5-13,16-17,20H,14-15H2,1-4H3,(H,23,24). The molecule has 2 atom stereocenters. The van der Waals surface area contributed by atoms with Crippen molar-refractivity contribution in [1.82, 2.24) is 5.32 Å². The van der Waals surface area contributed by atoms with E-state index in [1.54, 1.807) is 7.11 Å². The van der Waals surface area contributed by atoms with Crippen LogP contribution in [0.5, 0.6) is 5.75 Å². The molecule has 0 aliphatic heterocycles. The van der Waals surface area contributed by atoms with Crippen molar-refractivity contribution in [3.8, 4) is 5.75 Å². The number of benzene rings is 2. The molecule has 1 amide bonds. The van der Waals surface area contributed by atoms with Crippen molar-refractivity contribution < 1.29 is 9.53 Å². The van der Waals surface area contributed by atoms with Gasteiger partial charge in [0.25, 0.3) is 0 Å². The van der Waals surface area contributed by atoms with E-state index in [1.807, 2.05) is 30.3 Å². The molecule has 0 saturated heterocycles. The molecular weight excluding hydrogens is 310 g/mol. The Hall–Kier alpha value is -2.29. The summed E-state index contributed by atoms with van der Waals surface area (Å²) in [7, 11) is 1.67. The van der Waals surface area contributed by atoms with Crippen LogP contribution in [0.3, 0.4) is 0 Å². The minimum absolute atomic E-state index is 0.0833. The first-order chi connectivity index (χ1) is 12.0. The van der Waals surface area contributed by atoms with Crippen molar-refractivity contribution in [2.45, 2.75) is 39.0 Å². The average molecular weight is 339 g/mol. The zero-order valence-electron chi connectivity index (χ0n) is 15.7. The molecule has 0 saturated carbocycles. The van der Waals surface area contributed by atoms with Crippen LogP contribution < -0.4 is 10.1 Å². The molecule has 2 aromatic rings. The topological polar surface area (TPSA) is 38.3 Å². The lowest BCUT2D eigenvalue weighted by Crippen LogP contribution is -2.31. The van der Waals surface area contributed by atoms with Crippen LogP contribution in [0.4, 0.5) is 0 Å². The van der Waals surface area contributed by atoms with Gasteiger partial charge in [-0.1, -0.05) is 69.3 Å². The highest BCUT2D eigenvalue weighted by atomic mass is 16.5. The van der Waals surface area contributed by atoms with Gasteiger partial charge in [0.15, 0.2) is 0 Å². The maximum absolute atomic E-state index is 12.4. The molecule has 0 aliphatic rings. The summed E-state index contributed by atoms with van der Waals surface area (Å²) in [4.78, 5) is 12.4. The number of rotatable bonds is 8. The molecule has 0 fully saturated rings. The van der Waals surface area contributed by atoms with E-state index < -0.39 is 0 Å². The van der Waals surface area contributed by atoms with Crippen LogP contribution in [0, 0.1) is 5.92 Å². The maximum atomic E-state index is 12.4. The molecule has 0 bridgehead atoms. The summed E-state index contributed by atoms with van der Waals surface area (Å²) in [6.07, 6.45) is 0.458. The smallest absolute Gasteiger partial charge is 0.220 e. The van der Waals surface area contributed by atoms with E-state index in [4.69, 9.17) is 4.74 Å². The predicted octanol–water partition coefficient (Wildman–Crippen LogP) is 4.74. The van der Waals surface area contributed by atoms with Crippen LogP contribution in [-0.4, -0.2) is 19.6 Å². The van der Waals surface area contributed by atoms with E-state index in [2.05, 4.69) is 50.4 Å². The second-order valence-electron chi connectivity index (χ2n) is 6.91. The van der Waals surface area contributed by atoms with E-state index in [-0.39, 0.29) is 11.8 Å². The predicted molar refractivity (Wildman–Crippen MR) is 103 cm³/mol. The summed E-state index contributed by atoms with van der Waals surface area (Å²) in [5, 5.41) is 3.12. The third kappa shape index (κ3) is 5.35. The van der Waals surface area contributed by atoms with Gasteiger partial charge < -0.3 is 10.1 Å². The van der Waals surface area contributed by atoms with Crippen LogP contribution in [0.15, 0.2) is 54.6 Å². The third-order valence-electron chi connectivity index (χ3n) is 4.71. The Kier molecular flexibility index (Phi) is 7.05. The highest BCUT2D eigenvalue weighted by molar-refractivity contribution is 5.77. The number of nitrogens with one attached hydrogen (secondary N) is 1. The van der Waals surface area contributed by atoms with Gasteiger partial charge in [-0.3, -0.25) is 4.79 Å². The molecule has 25 heavy (non-hydrogen) atoms. The van der Waals surface area contributed by atoms with Gasteiger partial charge >= 0.3 is 0 Å². The molecule has 0 spiro atoms. The number of methoxy groups -OCH3 is 1. The van der Waals surface area contributed by atoms with Crippen LogP contribution in [-0.2, 0) is 4.79 Å². The minimum atomic E-state index is 0.0833. The molecule has 2 rings (SSSR count). The molecule has 134 valence electrons. The number of carbonyl (C=O) groups excluding carboxylic acids is 1. The molecule has 0 radical (unpaired) electrons. The Morgan fingerprint density at radius 1 is 1.00 bits per heavy atom. The van der Waals surface area contributed by atoms with E-state index in [9.17, 15) is 4.79 Å². The first-order valence-electron chi connectivity index (χ1n) is 8.97. The van der Waals surface area contributed by atoms with Crippen LogP contribution in [0.25, 0.3) is 0 Å². The summed E-state index contributed by atoms with van der Waals surface area (Å²) in [5.41, 5.74) is 2.35. The molecular formula is C22H29NO2. The number of hydrogen-bond donors (Lipinski definition) is 1. The van der Waals surface area contributed by atoms with Gasteiger partial charge in [0, 0.05) is 18.9 Å². The number of carbonyl (C=O) groups is 1. The summed E-state index contributed by atoms with van der Waals surface area (Å²) in [6, 6.07) is 18.3. The van der Waals surface area contributed by atoms with Gasteiger partial charge in [-0.25, -0.2) is 0 Å². The van der Waals surface area contributed by atoms with Gasteiger partial charge in [0.05, 0.1) is 7.11 Å². The quantitative estimate of drug-likeness (QED) is 0.754. The average Bonchev–Trinajstić information content (AvgIpc) is 2.62. The van der Waals surface area contributed by atoms with Crippen LogP contribution >= 0.6 is 0 Å². The molecule has 0 aliphatic carbocycles. The van der Waals surface area contributed by atoms with E-state index in [1.165, 1.54) is 5.56 Å². The lowest BCUT2D eigenvalue weighted by molar-refractivity contribution is -0.121. The van der Waals surface area contributed by atoms with E-state index >= 15 is 0 Å². The fourth-order valence-corrected chi connectivity index (χ4v) is 3.20. The summed E-state index contributed by atoms with van der Waals surface area (Å²) >= 11 is 0. The van der Waals surface area contributed by atoms with Gasteiger partial charge in [0.1, 0.15) is 5.75 Å². The Morgan fingerprint density at radius 2 is 1.64 bits per heavy atom. The Bertz CT molecular complexity index is 667. The second-order valence-corrected chi connectivity index (χ2v) is 6.91. The zero-order chi connectivity index (χ0) is 18.2. The van der Waals surface area contributed by atoms with Crippen LogP contribution in [0.2, 0.25) is 0 Å². The maximum Gasteiger partial charge on any atom is 0.220 e. The normalized spacial score (nSPS) is 13.3. The molecule has 2 aromatic carbocycles. The lowest BCUT2D eigenvalue weighted by atomic mass is 9.88. The first-order valence-corrected chi connectivity index (χ1v) is 8.97. The Labute approximate surface area is 151 Å². The molecule has 1 N–H and O–H groups in total. The first kappa shape index (κ1) is 19.0. The van der Waals surface area contributed by atoms with Crippen molar-refractivity contribution in [2.75, 3.05) is 13.7 Å². The fourth-order valence-electron chi connectivity index (χ4n) is 3.20. The van der Waals surface area contributed by atoms with E-state index in [0.29, 0.717) is 24.8 Å². The molecule has 0 heterocycles. The summed E-state index contributed by atoms with van der Waals surface area (Å²) in [5.74, 6) is 1.83. The minimum Gasteiger partial charge on any atom is -0.496 e. The van der Waals surface area contributed by atoms with Gasteiger partial charge in [-0.2, -0.15) is 0 Å². The van der Waals surface area contributed by atoms with Crippen molar-refractivity contribution in [1.29, 1.82) is 0 Å². The largest absolute Gasteiger partial charge is 0.496 e. The van der Waals surface area contributed by atoms with Crippen molar-refractivity contribution in [3.63, 3.8) is 0 Å². The highest BCUT2D eigenvalue weighted by Crippen LogP contribution is 2.28. The summed E-state index contributed by atoms with van der Waals surface area (Å²) in [6.45, 7) is 7.12. The fraction of sp³-hybridized carbons (Fsp3) is 0.409. The lowest BCUT2D eigenvalue weighted by Gasteiger charge is -2.22. The third-order valence-corrected chi connectivity index (χ3v) is 4.71. The van der Waals surface area contributed by atoms with Gasteiger partial charge in [-0.05, 0) is 29.0 Å². The molecule has 2 unspecified atom stereocenters. The monoisotopic (exact) mass is 339 g/mol. The van der Waals surface area contributed by atoms with Gasteiger partial charge in [0.2, 0.25) is 5.91 Å². The van der Waals surface area contributed by atoms with Crippen LogP contribution in [0.1, 0.15) is 50.2 Å². The summed E-state index contributed by atoms with van der Waals surface area (Å²) < 4.78 is 5.40. The molecule has 0 aromatic heterocycles. The number of amides is 1. The molecule has 3 nitrogen and oxygen atoms in total. The van der Waals surface area contributed by atoms with Crippen molar-refractivity contribution in [3.05, 3.63) is 65.7 Å². The highest BCUT2D eigenvalue weighted by Gasteiger charge is 2.19. The molecule has 3 heteroatoms.